The van der Waals surface area contributed by atoms with Crippen molar-refractivity contribution in [2.24, 2.45) is 0 Å². The summed E-state index contributed by atoms with van der Waals surface area (Å²) in [6.45, 7) is 13.6. The summed E-state index contributed by atoms with van der Waals surface area (Å²) in [6, 6.07) is 0. The van der Waals surface area contributed by atoms with E-state index in [9.17, 15) is 4.79 Å². The van der Waals surface area contributed by atoms with Crippen LogP contribution in [0.5, 0.6) is 0 Å². The molecule has 0 heterocycles. The minimum Gasteiger partial charge on any atom is -0.463 e. The second-order valence-corrected chi connectivity index (χ2v) is 2.46. The summed E-state index contributed by atoms with van der Waals surface area (Å²) < 4.78 is 4.56. The molecule has 0 radical (unpaired) electrons. The maximum atomic E-state index is 10.4. The van der Waals surface area contributed by atoms with E-state index in [2.05, 4.69) is 30.5 Å². The zero-order valence-corrected chi connectivity index (χ0v) is 9.14. The highest BCUT2D eigenvalue weighted by Crippen LogP contribution is 1.89. The van der Waals surface area contributed by atoms with E-state index in [1.807, 2.05) is 0 Å². The molecule has 0 atom stereocenters. The van der Waals surface area contributed by atoms with Gasteiger partial charge in [0.05, 0.1) is 6.61 Å². The van der Waals surface area contributed by atoms with Crippen molar-refractivity contribution in [3.8, 4) is 0 Å². The van der Waals surface area contributed by atoms with Crippen LogP contribution in [0.3, 0.4) is 0 Å². The molecule has 0 aliphatic rings. The molecule has 0 saturated heterocycles. The number of nitrogens with one attached hydrogen (secondary N) is 1. The number of esters is 1. The average Bonchev–Trinajstić information content (AvgIpc) is 2.07. The van der Waals surface area contributed by atoms with Gasteiger partial charge in [-0.05, 0) is 26.9 Å². The molecule has 0 amide bonds. The van der Waals surface area contributed by atoms with Gasteiger partial charge in [-0.1, -0.05) is 20.4 Å². The molecule has 0 aromatic heterocycles. The Morgan fingerprint density at radius 2 is 1.77 bits per heavy atom. The van der Waals surface area contributed by atoms with Crippen LogP contribution in [0.2, 0.25) is 0 Å². The molecular formula is C10H21NO2. The van der Waals surface area contributed by atoms with Crippen molar-refractivity contribution in [1.29, 1.82) is 0 Å². The van der Waals surface area contributed by atoms with Crippen molar-refractivity contribution in [1.82, 2.24) is 5.32 Å². The van der Waals surface area contributed by atoms with Crippen LogP contribution in [0.4, 0.5) is 0 Å². The molecule has 0 aromatic carbocycles. The van der Waals surface area contributed by atoms with Gasteiger partial charge in [0.15, 0.2) is 0 Å². The van der Waals surface area contributed by atoms with Gasteiger partial charge in [-0.2, -0.15) is 0 Å². The Bertz CT molecular complexity index is 142. The lowest BCUT2D eigenvalue weighted by atomic mass is 10.4. The Morgan fingerprint density at radius 3 is 1.85 bits per heavy atom. The first-order valence-electron chi connectivity index (χ1n) is 4.63. The Labute approximate surface area is 81.2 Å². The molecule has 0 aromatic rings. The molecular weight excluding hydrogens is 166 g/mol. The smallest absolute Gasteiger partial charge is 0.333 e. The van der Waals surface area contributed by atoms with E-state index in [1.165, 1.54) is 0 Å². The lowest BCUT2D eigenvalue weighted by molar-refractivity contribution is -0.138. The number of carbonyl (C=O) groups is 1. The van der Waals surface area contributed by atoms with Crippen molar-refractivity contribution < 1.29 is 9.53 Å². The predicted molar refractivity (Wildman–Crippen MR) is 55.7 cm³/mol. The van der Waals surface area contributed by atoms with Crippen LogP contribution in [-0.2, 0) is 9.53 Å². The van der Waals surface area contributed by atoms with Gasteiger partial charge in [0.1, 0.15) is 0 Å². The third-order valence-electron chi connectivity index (χ3n) is 1.12. The zero-order valence-electron chi connectivity index (χ0n) is 9.14. The van der Waals surface area contributed by atoms with Crippen LogP contribution in [0.1, 0.15) is 27.7 Å². The van der Waals surface area contributed by atoms with Crippen LogP contribution in [-0.4, -0.2) is 25.7 Å². The summed E-state index contributed by atoms with van der Waals surface area (Å²) in [5.41, 5.74) is 0.451. The lowest BCUT2D eigenvalue weighted by Gasteiger charge is -1.96. The molecule has 0 unspecified atom stereocenters. The van der Waals surface area contributed by atoms with Gasteiger partial charge < -0.3 is 10.1 Å². The van der Waals surface area contributed by atoms with Gasteiger partial charge in [0, 0.05) is 5.57 Å². The molecule has 0 spiro atoms. The van der Waals surface area contributed by atoms with E-state index in [-0.39, 0.29) is 5.97 Å². The third kappa shape index (κ3) is 14.1. The van der Waals surface area contributed by atoms with Crippen LogP contribution >= 0.6 is 0 Å². The summed E-state index contributed by atoms with van der Waals surface area (Å²) in [5.74, 6) is -0.312. The Kier molecular flexibility index (Phi) is 12.6. The standard InChI is InChI=1S/C6H10O2.C4H11N/c1-4-8-6(7)5(2)3;1-3-5-4-2/h2,4H2,1,3H3;5H,3-4H2,1-2H3. The summed E-state index contributed by atoms with van der Waals surface area (Å²) in [6.07, 6.45) is 0. The summed E-state index contributed by atoms with van der Waals surface area (Å²) in [7, 11) is 0. The normalized spacial score (nSPS) is 8.31. The van der Waals surface area contributed by atoms with Crippen LogP contribution in [0, 0.1) is 0 Å². The predicted octanol–water partition coefficient (Wildman–Crippen LogP) is 1.74. The SMILES string of the molecule is C=C(C)C(=O)OCC.CCNCC. The van der Waals surface area contributed by atoms with Gasteiger partial charge in [0.25, 0.3) is 0 Å². The minimum atomic E-state index is -0.312. The highest BCUT2D eigenvalue weighted by molar-refractivity contribution is 5.86. The highest BCUT2D eigenvalue weighted by Gasteiger charge is 1.98. The first kappa shape index (κ1) is 14.7. The maximum Gasteiger partial charge on any atom is 0.333 e. The summed E-state index contributed by atoms with van der Waals surface area (Å²) >= 11 is 0. The molecule has 1 N–H and O–H groups in total. The van der Waals surface area contributed by atoms with E-state index in [4.69, 9.17) is 0 Å². The molecule has 0 aliphatic heterocycles. The van der Waals surface area contributed by atoms with Crippen molar-refractivity contribution in [2.45, 2.75) is 27.7 Å². The molecule has 13 heavy (non-hydrogen) atoms. The fraction of sp³-hybridized carbons (Fsp3) is 0.700. The van der Waals surface area contributed by atoms with Crippen LogP contribution in [0.25, 0.3) is 0 Å². The minimum absolute atomic E-state index is 0.312. The zero-order chi connectivity index (χ0) is 10.7. The van der Waals surface area contributed by atoms with Gasteiger partial charge in [-0.15, -0.1) is 0 Å². The summed E-state index contributed by atoms with van der Waals surface area (Å²) in [4.78, 5) is 10.4. The van der Waals surface area contributed by atoms with Crippen molar-refractivity contribution in [2.75, 3.05) is 19.7 Å². The molecule has 3 heteroatoms. The molecule has 3 nitrogen and oxygen atoms in total. The van der Waals surface area contributed by atoms with Gasteiger partial charge in [-0.3, -0.25) is 0 Å². The highest BCUT2D eigenvalue weighted by atomic mass is 16.5. The molecule has 0 fully saturated rings. The van der Waals surface area contributed by atoms with Crippen LogP contribution in [0.15, 0.2) is 12.2 Å². The van der Waals surface area contributed by atoms with Gasteiger partial charge in [-0.25, -0.2) is 4.79 Å². The molecule has 78 valence electrons. The van der Waals surface area contributed by atoms with E-state index >= 15 is 0 Å². The molecule has 0 bridgehead atoms. The topological polar surface area (TPSA) is 38.3 Å². The maximum absolute atomic E-state index is 10.4. The Morgan fingerprint density at radius 1 is 1.31 bits per heavy atom. The van der Waals surface area contributed by atoms with Gasteiger partial charge in [0.2, 0.25) is 0 Å². The quantitative estimate of drug-likeness (QED) is 0.538. The van der Waals surface area contributed by atoms with Gasteiger partial charge >= 0.3 is 5.97 Å². The largest absolute Gasteiger partial charge is 0.463 e. The summed E-state index contributed by atoms with van der Waals surface area (Å²) in [5, 5.41) is 3.11. The molecule has 0 aliphatic carbocycles. The monoisotopic (exact) mass is 187 g/mol. The van der Waals surface area contributed by atoms with Crippen molar-refractivity contribution in [3.05, 3.63) is 12.2 Å². The van der Waals surface area contributed by atoms with E-state index < -0.39 is 0 Å². The lowest BCUT2D eigenvalue weighted by Crippen LogP contribution is -2.09. The fourth-order valence-corrected chi connectivity index (χ4v) is 0.504. The van der Waals surface area contributed by atoms with Crippen molar-refractivity contribution >= 4 is 5.97 Å². The third-order valence-corrected chi connectivity index (χ3v) is 1.12. The number of hydrogen-bond acceptors (Lipinski definition) is 3. The Balaban J connectivity index is 0. The average molecular weight is 187 g/mol. The van der Waals surface area contributed by atoms with E-state index in [0.717, 1.165) is 13.1 Å². The molecule has 0 rings (SSSR count). The number of hydrogen-bond donors (Lipinski definition) is 1. The fourth-order valence-electron chi connectivity index (χ4n) is 0.504. The first-order valence-corrected chi connectivity index (χ1v) is 4.63. The van der Waals surface area contributed by atoms with Crippen LogP contribution < -0.4 is 5.32 Å². The number of carbonyl (C=O) groups excluding carboxylic acids is 1. The second kappa shape index (κ2) is 11.2. The number of ether oxygens (including phenoxy) is 1. The van der Waals surface area contributed by atoms with E-state index in [1.54, 1.807) is 13.8 Å². The first-order chi connectivity index (χ1) is 6.09. The second-order valence-electron chi connectivity index (χ2n) is 2.46. The Hall–Kier alpha value is -0.830. The number of rotatable bonds is 4. The van der Waals surface area contributed by atoms with Crippen molar-refractivity contribution in [3.63, 3.8) is 0 Å². The molecule has 0 saturated carbocycles. The van der Waals surface area contributed by atoms with E-state index in [0.29, 0.717) is 12.2 Å².